The Bertz CT molecular complexity index is 393. The van der Waals surface area contributed by atoms with Gasteiger partial charge in [0.05, 0.1) is 4.47 Å². The van der Waals surface area contributed by atoms with Crippen molar-refractivity contribution in [2.75, 3.05) is 0 Å². The smallest absolute Gasteiger partial charge is 0.425 e. The van der Waals surface area contributed by atoms with Crippen LogP contribution in [0.15, 0.2) is 22.7 Å². The van der Waals surface area contributed by atoms with Crippen LogP contribution < -0.4 is 10.5 Å². The predicted octanol–water partition coefficient (Wildman–Crippen LogP) is 3.80. The van der Waals surface area contributed by atoms with E-state index in [0.29, 0.717) is 4.47 Å². The third-order valence-electron chi connectivity index (χ3n) is 2.25. The average Bonchev–Trinajstić information content (AvgIpc) is 2.19. The molecule has 2 atom stereocenters. The molecular weight excluding hydrogens is 299 g/mol. The molecule has 1 aromatic carbocycles. The fourth-order valence-electron chi connectivity index (χ4n) is 1.15. The summed E-state index contributed by atoms with van der Waals surface area (Å²) < 4.78 is 42.2. The third-order valence-corrected chi connectivity index (χ3v) is 2.87. The Labute approximate surface area is 106 Å². The molecule has 1 unspecified atom stereocenters. The van der Waals surface area contributed by atoms with Crippen LogP contribution in [0.3, 0.4) is 0 Å². The van der Waals surface area contributed by atoms with Crippen molar-refractivity contribution in [3.8, 4) is 5.75 Å². The number of hydrogen-bond donors (Lipinski definition) is 1. The highest BCUT2D eigenvalue weighted by Crippen LogP contribution is 2.31. The van der Waals surface area contributed by atoms with Gasteiger partial charge in [0.15, 0.2) is 6.10 Å². The summed E-state index contributed by atoms with van der Waals surface area (Å²) in [5.41, 5.74) is 6.48. The summed E-state index contributed by atoms with van der Waals surface area (Å²) >= 11 is 3.16. The Balaban J connectivity index is 2.87. The van der Waals surface area contributed by atoms with Gasteiger partial charge in [-0.2, -0.15) is 13.2 Å². The summed E-state index contributed by atoms with van der Waals surface area (Å²) in [6.45, 7) is 2.76. The summed E-state index contributed by atoms with van der Waals surface area (Å²) in [4.78, 5) is 0. The number of nitrogens with two attached hydrogens (primary N) is 1. The minimum atomic E-state index is -4.38. The standard InChI is InChI=1S/C11H13BrF3NO/c1-6(16)8-3-4-10(9(12)5-8)17-7(2)11(13,14)15/h3-7H,16H2,1-2H3/t6-,7?/m1/s1. The number of ether oxygens (including phenoxy) is 1. The van der Waals surface area contributed by atoms with Gasteiger partial charge in [0, 0.05) is 6.04 Å². The quantitative estimate of drug-likeness (QED) is 0.921. The van der Waals surface area contributed by atoms with Gasteiger partial charge < -0.3 is 10.5 Å². The van der Waals surface area contributed by atoms with Gasteiger partial charge in [0.25, 0.3) is 0 Å². The molecule has 0 aromatic heterocycles. The maximum absolute atomic E-state index is 12.3. The molecule has 1 rings (SSSR count). The van der Waals surface area contributed by atoms with Crippen LogP contribution in [0.1, 0.15) is 25.5 Å². The molecule has 0 aliphatic rings. The van der Waals surface area contributed by atoms with Gasteiger partial charge in [-0.25, -0.2) is 0 Å². The van der Waals surface area contributed by atoms with Crippen LogP contribution in [0.25, 0.3) is 0 Å². The zero-order valence-electron chi connectivity index (χ0n) is 9.38. The SMILES string of the molecule is CC(Oc1ccc([C@@H](C)N)cc1Br)C(F)(F)F. The van der Waals surface area contributed by atoms with Gasteiger partial charge in [-0.05, 0) is 47.5 Å². The Hall–Kier alpha value is -0.750. The lowest BCUT2D eigenvalue weighted by molar-refractivity contribution is -0.189. The molecule has 6 heteroatoms. The van der Waals surface area contributed by atoms with Crippen molar-refractivity contribution in [2.24, 2.45) is 5.73 Å². The lowest BCUT2D eigenvalue weighted by atomic mass is 10.1. The third kappa shape index (κ3) is 3.89. The molecule has 0 fully saturated rings. The van der Waals surface area contributed by atoms with E-state index in [9.17, 15) is 13.2 Å². The van der Waals surface area contributed by atoms with Crippen LogP contribution in [-0.4, -0.2) is 12.3 Å². The molecule has 0 saturated carbocycles. The molecule has 0 aliphatic heterocycles. The van der Waals surface area contributed by atoms with Crippen LogP contribution in [-0.2, 0) is 0 Å². The van der Waals surface area contributed by atoms with Gasteiger partial charge in [-0.3, -0.25) is 0 Å². The minimum Gasteiger partial charge on any atom is -0.480 e. The Morgan fingerprint density at radius 1 is 1.29 bits per heavy atom. The zero-order valence-corrected chi connectivity index (χ0v) is 11.0. The second kappa shape index (κ2) is 5.27. The monoisotopic (exact) mass is 311 g/mol. The molecule has 0 aliphatic carbocycles. The van der Waals surface area contributed by atoms with E-state index in [0.717, 1.165) is 12.5 Å². The van der Waals surface area contributed by atoms with Gasteiger partial charge in [-0.1, -0.05) is 6.07 Å². The molecule has 2 N–H and O–H groups in total. The molecule has 17 heavy (non-hydrogen) atoms. The number of benzene rings is 1. The molecule has 1 aromatic rings. The predicted molar refractivity (Wildman–Crippen MR) is 62.9 cm³/mol. The summed E-state index contributed by atoms with van der Waals surface area (Å²) in [6.07, 6.45) is -6.22. The van der Waals surface area contributed by atoms with Crippen LogP contribution in [0, 0.1) is 0 Å². The molecule has 0 bridgehead atoms. The minimum absolute atomic E-state index is 0.152. The molecule has 0 amide bonds. The number of halogens is 4. The summed E-state index contributed by atoms with van der Waals surface area (Å²) in [6, 6.07) is 4.60. The van der Waals surface area contributed by atoms with Crippen molar-refractivity contribution in [1.29, 1.82) is 0 Å². The largest absolute Gasteiger partial charge is 0.480 e. The average molecular weight is 312 g/mol. The molecule has 2 nitrogen and oxygen atoms in total. The maximum Gasteiger partial charge on any atom is 0.425 e. The molecular formula is C11H13BrF3NO. The molecule has 0 radical (unpaired) electrons. The van der Waals surface area contributed by atoms with E-state index in [1.165, 1.54) is 6.07 Å². The Kier molecular flexibility index (Phi) is 4.43. The van der Waals surface area contributed by atoms with Gasteiger partial charge in [0.2, 0.25) is 0 Å². The van der Waals surface area contributed by atoms with E-state index in [4.69, 9.17) is 10.5 Å². The van der Waals surface area contributed by atoms with Crippen LogP contribution >= 0.6 is 15.9 Å². The first-order valence-corrected chi connectivity index (χ1v) is 5.79. The number of rotatable bonds is 3. The second-order valence-electron chi connectivity index (χ2n) is 3.78. The lowest BCUT2D eigenvalue weighted by Gasteiger charge is -2.19. The summed E-state index contributed by atoms with van der Waals surface area (Å²) in [5.74, 6) is 0.152. The van der Waals surface area contributed by atoms with Crippen molar-refractivity contribution in [3.05, 3.63) is 28.2 Å². The van der Waals surface area contributed by atoms with E-state index in [1.54, 1.807) is 19.1 Å². The zero-order chi connectivity index (χ0) is 13.2. The van der Waals surface area contributed by atoms with Crippen LogP contribution in [0.4, 0.5) is 13.2 Å². The summed E-state index contributed by atoms with van der Waals surface area (Å²) in [7, 11) is 0. The van der Waals surface area contributed by atoms with Crippen molar-refractivity contribution in [1.82, 2.24) is 0 Å². The van der Waals surface area contributed by atoms with Gasteiger partial charge in [0.1, 0.15) is 5.75 Å². The van der Waals surface area contributed by atoms with Crippen LogP contribution in [0.2, 0.25) is 0 Å². The van der Waals surface area contributed by atoms with E-state index < -0.39 is 12.3 Å². The van der Waals surface area contributed by atoms with E-state index in [1.807, 2.05) is 0 Å². The highest BCUT2D eigenvalue weighted by atomic mass is 79.9. The number of alkyl halides is 3. The topological polar surface area (TPSA) is 35.2 Å². The highest BCUT2D eigenvalue weighted by molar-refractivity contribution is 9.10. The normalized spacial score (nSPS) is 15.5. The van der Waals surface area contributed by atoms with Crippen molar-refractivity contribution in [2.45, 2.75) is 32.2 Å². The molecule has 96 valence electrons. The molecule has 0 spiro atoms. The fraction of sp³-hybridized carbons (Fsp3) is 0.455. The molecule has 0 heterocycles. The maximum atomic E-state index is 12.3. The van der Waals surface area contributed by atoms with Crippen molar-refractivity contribution >= 4 is 15.9 Å². The Morgan fingerprint density at radius 3 is 2.29 bits per heavy atom. The first kappa shape index (κ1) is 14.3. The lowest BCUT2D eigenvalue weighted by Crippen LogP contribution is -2.31. The van der Waals surface area contributed by atoms with Gasteiger partial charge in [-0.15, -0.1) is 0 Å². The Morgan fingerprint density at radius 2 is 1.88 bits per heavy atom. The van der Waals surface area contributed by atoms with E-state index >= 15 is 0 Å². The first-order valence-electron chi connectivity index (χ1n) is 5.00. The fourth-order valence-corrected chi connectivity index (χ4v) is 1.64. The number of hydrogen-bond acceptors (Lipinski definition) is 2. The van der Waals surface area contributed by atoms with E-state index in [-0.39, 0.29) is 11.8 Å². The van der Waals surface area contributed by atoms with Crippen molar-refractivity contribution < 1.29 is 17.9 Å². The van der Waals surface area contributed by atoms with Gasteiger partial charge >= 0.3 is 6.18 Å². The first-order chi connectivity index (χ1) is 7.71. The van der Waals surface area contributed by atoms with E-state index in [2.05, 4.69) is 15.9 Å². The molecule has 0 saturated heterocycles. The highest BCUT2D eigenvalue weighted by Gasteiger charge is 2.38. The van der Waals surface area contributed by atoms with Crippen molar-refractivity contribution in [3.63, 3.8) is 0 Å². The van der Waals surface area contributed by atoms with Crippen LogP contribution in [0.5, 0.6) is 5.75 Å². The second-order valence-corrected chi connectivity index (χ2v) is 4.63. The summed E-state index contributed by atoms with van der Waals surface area (Å²) in [5, 5.41) is 0.